The predicted molar refractivity (Wildman–Crippen MR) is 142 cm³/mol. The number of benzene rings is 3. The van der Waals surface area contributed by atoms with Crippen molar-refractivity contribution >= 4 is 59.5 Å². The Hall–Kier alpha value is -2.95. The molecule has 4 aromatic rings. The largest absolute Gasteiger partial charge is 0.295 e. The number of nitrogens with one attached hydrogen (secondary N) is 2. The molecule has 3 aromatic carbocycles. The quantitative estimate of drug-likeness (QED) is 0.270. The van der Waals surface area contributed by atoms with Gasteiger partial charge < -0.3 is 0 Å². The van der Waals surface area contributed by atoms with Crippen molar-refractivity contribution in [3.8, 4) is 5.69 Å². The van der Waals surface area contributed by atoms with Gasteiger partial charge in [-0.05, 0) is 86.1 Å². The van der Waals surface area contributed by atoms with Crippen LogP contribution in [-0.4, -0.2) is 24.4 Å². The minimum Gasteiger partial charge on any atom is -0.295 e. The summed E-state index contributed by atoms with van der Waals surface area (Å²) in [5.41, 5.74) is 3.60. The van der Waals surface area contributed by atoms with Crippen LogP contribution in [0.5, 0.6) is 0 Å². The number of sulfonamides is 1. The van der Waals surface area contributed by atoms with E-state index in [1.165, 1.54) is 23.0 Å². The fourth-order valence-corrected chi connectivity index (χ4v) is 4.81. The lowest BCUT2D eigenvalue weighted by Crippen LogP contribution is -2.17. The zero-order chi connectivity index (χ0) is 24.5. The van der Waals surface area contributed by atoms with Crippen molar-refractivity contribution in [1.29, 1.82) is 0 Å². The third-order valence-electron chi connectivity index (χ3n) is 5.10. The second-order valence-corrected chi connectivity index (χ2v) is 11.0. The number of rotatable bonds is 6. The molecule has 0 unspecified atom stereocenters. The Morgan fingerprint density at radius 2 is 1.65 bits per heavy atom. The third-order valence-corrected chi connectivity index (χ3v) is 7.92. The first-order valence-electron chi connectivity index (χ1n) is 10.1. The summed E-state index contributed by atoms with van der Waals surface area (Å²) in [4.78, 5) is 17.4. The number of aryl methyl sites for hydroxylation is 2. The number of hydrogen-bond acceptors (Lipinski definition) is 4. The number of anilines is 1. The van der Waals surface area contributed by atoms with Crippen molar-refractivity contribution in [1.82, 2.24) is 9.78 Å². The third kappa shape index (κ3) is 5.24. The van der Waals surface area contributed by atoms with Gasteiger partial charge in [0.1, 0.15) is 0 Å². The van der Waals surface area contributed by atoms with Crippen molar-refractivity contribution in [3.63, 3.8) is 0 Å². The lowest BCUT2D eigenvalue weighted by molar-refractivity contribution is 0.601. The highest BCUT2D eigenvalue weighted by Crippen LogP contribution is 2.22. The van der Waals surface area contributed by atoms with Gasteiger partial charge in [0.15, 0.2) is 0 Å². The van der Waals surface area contributed by atoms with Gasteiger partial charge in [0.2, 0.25) is 0 Å². The summed E-state index contributed by atoms with van der Waals surface area (Å²) in [6.07, 6.45) is 1.49. The van der Waals surface area contributed by atoms with Gasteiger partial charge in [-0.1, -0.05) is 31.9 Å². The number of aliphatic imine (C=N–C) groups is 1. The van der Waals surface area contributed by atoms with Crippen LogP contribution in [0.4, 0.5) is 11.4 Å². The van der Waals surface area contributed by atoms with E-state index in [0.717, 1.165) is 20.2 Å². The van der Waals surface area contributed by atoms with E-state index >= 15 is 0 Å². The van der Waals surface area contributed by atoms with E-state index in [1.807, 2.05) is 25.1 Å². The molecule has 0 saturated heterocycles. The molecule has 7 nitrogen and oxygen atoms in total. The molecule has 4 rings (SSSR count). The fourth-order valence-electron chi connectivity index (χ4n) is 3.24. The first-order chi connectivity index (χ1) is 16.1. The molecule has 0 aliphatic carbocycles. The number of nitrogens with zero attached hydrogens (tertiary/aromatic N) is 2. The highest BCUT2D eigenvalue weighted by molar-refractivity contribution is 9.10. The van der Waals surface area contributed by atoms with Crippen molar-refractivity contribution in [3.05, 3.63) is 103 Å². The van der Waals surface area contributed by atoms with Crippen LogP contribution in [0.15, 0.2) is 90.4 Å². The second-order valence-electron chi connectivity index (χ2n) is 7.59. The average Bonchev–Trinajstić information content (AvgIpc) is 3.09. The Bertz CT molecular complexity index is 1540. The summed E-state index contributed by atoms with van der Waals surface area (Å²) >= 11 is 6.79. The van der Waals surface area contributed by atoms with Gasteiger partial charge in [-0.25, -0.2) is 13.1 Å². The molecule has 0 radical (unpaired) electrons. The van der Waals surface area contributed by atoms with E-state index in [0.29, 0.717) is 22.6 Å². The fraction of sp³-hybridized carbons (Fsp3) is 0.0833. The molecule has 0 bridgehead atoms. The van der Waals surface area contributed by atoms with Crippen LogP contribution in [0.1, 0.15) is 16.8 Å². The smallest absolute Gasteiger partial charge is 0.280 e. The summed E-state index contributed by atoms with van der Waals surface area (Å²) < 4.78 is 31.1. The molecule has 34 heavy (non-hydrogen) atoms. The minimum atomic E-state index is -3.74. The molecule has 0 fully saturated rings. The lowest BCUT2D eigenvalue weighted by atomic mass is 10.2. The zero-order valence-electron chi connectivity index (χ0n) is 18.2. The van der Waals surface area contributed by atoms with E-state index < -0.39 is 10.0 Å². The minimum absolute atomic E-state index is 0.111. The predicted octanol–water partition coefficient (Wildman–Crippen LogP) is 5.86. The first kappa shape index (κ1) is 24.2. The van der Waals surface area contributed by atoms with Gasteiger partial charge in [0.05, 0.1) is 21.8 Å². The van der Waals surface area contributed by atoms with Crippen molar-refractivity contribution < 1.29 is 8.42 Å². The highest BCUT2D eigenvalue weighted by Gasteiger charge is 2.14. The molecule has 1 heterocycles. The van der Waals surface area contributed by atoms with Gasteiger partial charge in [0.25, 0.3) is 15.6 Å². The van der Waals surface area contributed by atoms with Crippen molar-refractivity contribution in [2.24, 2.45) is 4.99 Å². The maximum atomic E-state index is 12.9. The number of hydrogen-bond donors (Lipinski definition) is 2. The summed E-state index contributed by atoms with van der Waals surface area (Å²) in [5.74, 6) is 0. The Kier molecular flexibility index (Phi) is 6.92. The molecule has 2 N–H and O–H groups in total. The van der Waals surface area contributed by atoms with Crippen LogP contribution in [0.2, 0.25) is 0 Å². The van der Waals surface area contributed by atoms with E-state index in [4.69, 9.17) is 0 Å². The van der Waals surface area contributed by atoms with E-state index in [1.54, 1.807) is 43.3 Å². The number of aromatic nitrogens is 2. The van der Waals surface area contributed by atoms with E-state index in [9.17, 15) is 13.2 Å². The van der Waals surface area contributed by atoms with E-state index in [2.05, 4.69) is 46.7 Å². The number of H-pyrrole nitrogens is 1. The maximum absolute atomic E-state index is 12.9. The molecule has 0 amide bonds. The van der Waals surface area contributed by atoms with Gasteiger partial charge >= 0.3 is 0 Å². The first-order valence-corrected chi connectivity index (χ1v) is 13.2. The second kappa shape index (κ2) is 9.73. The molecular formula is C24H20Br2N4O3S. The van der Waals surface area contributed by atoms with Crippen LogP contribution in [0.3, 0.4) is 0 Å². The number of aromatic amines is 1. The maximum Gasteiger partial charge on any atom is 0.280 e. The van der Waals surface area contributed by atoms with Crippen molar-refractivity contribution in [2.45, 2.75) is 18.7 Å². The Morgan fingerprint density at radius 1 is 0.971 bits per heavy atom. The molecule has 174 valence electrons. The summed E-state index contributed by atoms with van der Waals surface area (Å²) in [7, 11) is -3.74. The normalized spacial score (nSPS) is 11.8. The summed E-state index contributed by atoms with van der Waals surface area (Å²) in [5, 5.41) is 3.07. The zero-order valence-corrected chi connectivity index (χ0v) is 22.2. The van der Waals surface area contributed by atoms with Crippen LogP contribution in [-0.2, 0) is 10.0 Å². The average molecular weight is 604 g/mol. The highest BCUT2D eigenvalue weighted by atomic mass is 79.9. The van der Waals surface area contributed by atoms with Crippen LogP contribution in [0.25, 0.3) is 5.69 Å². The van der Waals surface area contributed by atoms with Gasteiger partial charge in [-0.2, -0.15) is 0 Å². The summed E-state index contributed by atoms with van der Waals surface area (Å²) in [6.45, 7) is 3.75. The molecule has 10 heteroatoms. The molecule has 0 saturated carbocycles. The topological polar surface area (TPSA) is 96.3 Å². The Labute approximate surface area is 213 Å². The lowest BCUT2D eigenvalue weighted by Gasteiger charge is -2.08. The molecule has 0 spiro atoms. The summed E-state index contributed by atoms with van der Waals surface area (Å²) in [6, 6.07) is 18.6. The number of halogens is 2. The van der Waals surface area contributed by atoms with Gasteiger partial charge in [-0.3, -0.25) is 19.6 Å². The Balaban J connectivity index is 1.54. The molecular weight excluding hydrogens is 584 g/mol. The van der Waals surface area contributed by atoms with Crippen molar-refractivity contribution in [2.75, 3.05) is 4.72 Å². The molecule has 1 aromatic heterocycles. The molecule has 0 atom stereocenters. The Morgan fingerprint density at radius 3 is 2.29 bits per heavy atom. The molecule has 0 aliphatic rings. The van der Waals surface area contributed by atoms with Crippen LogP contribution >= 0.6 is 31.9 Å². The monoisotopic (exact) mass is 602 g/mol. The van der Waals surface area contributed by atoms with Crippen LogP contribution < -0.4 is 10.3 Å². The van der Waals surface area contributed by atoms with Gasteiger partial charge in [-0.15, -0.1) is 0 Å². The van der Waals surface area contributed by atoms with Crippen LogP contribution in [0, 0.1) is 13.8 Å². The molecule has 0 aliphatic heterocycles. The van der Waals surface area contributed by atoms with Gasteiger partial charge in [0, 0.05) is 26.5 Å². The van der Waals surface area contributed by atoms with E-state index in [-0.39, 0.29) is 10.5 Å². The standard InChI is InChI=1S/C24H20Br2N4O3S/c1-15-13-20(9-12-23(15)26)30-24(31)22(16(2)28-30)14-27-18-7-10-21(11-8-18)34(32,33)29-19-5-3-17(25)4-6-19/h3-14,28-29H,1-2H3. The SMILES string of the molecule is Cc1cc(-n2[nH]c(C)c(C=Nc3ccc(S(=O)(=O)Nc4ccc(Br)cc4)cc3)c2=O)ccc1Br.